The van der Waals surface area contributed by atoms with Crippen LogP contribution in [0.25, 0.3) is 4.85 Å². The van der Waals surface area contributed by atoms with E-state index in [1.54, 1.807) is 0 Å². The average molecular weight is 242 g/mol. The third-order valence-corrected chi connectivity index (χ3v) is 2.31. The first-order valence-electron chi connectivity index (χ1n) is 4.31. The molecule has 0 N–H and O–H groups in total. The molecule has 0 heterocycles. The molecule has 0 unspecified atom stereocenters. The van der Waals surface area contributed by atoms with Crippen LogP contribution >= 0.6 is 34.8 Å². The number of unbranched alkanes of at least 4 members (excludes halogenated alkanes) is 3. The molecule has 0 saturated heterocycles. The quantitative estimate of drug-likeness (QED) is 0.493. The summed E-state index contributed by atoms with van der Waals surface area (Å²) >= 11 is 16.3. The van der Waals surface area contributed by atoms with Crippen LogP contribution in [0, 0.1) is 6.07 Å². The minimum atomic E-state index is 0.0129. The lowest BCUT2D eigenvalue weighted by molar-refractivity contribution is 0.693. The lowest BCUT2D eigenvalue weighted by Gasteiger charge is -1.86. The molecule has 74 valence electrons. The predicted octanol–water partition coefficient (Wildman–Crippen LogP) is 4.79. The van der Waals surface area contributed by atoms with Gasteiger partial charge in [-0.05, 0) is 6.42 Å². The lowest BCUT2D eigenvalue weighted by Crippen LogP contribution is -1.78. The van der Waals surface area contributed by atoms with Crippen molar-refractivity contribution < 1.29 is 0 Å². The normalized spacial score (nSPS) is 8.92. The van der Waals surface area contributed by atoms with Crippen LogP contribution < -0.4 is 0 Å². The zero-order valence-corrected chi connectivity index (χ0v) is 9.88. The Kier molecular flexibility index (Phi) is 8.75. The Hall–Kier alpha value is 0.1000. The number of rotatable bonds is 4. The van der Waals surface area contributed by atoms with Crippen LogP contribution in [0.3, 0.4) is 0 Å². The van der Waals surface area contributed by atoms with Crippen molar-refractivity contribution in [1.29, 1.82) is 0 Å². The molecule has 4 heteroatoms. The fourth-order valence-corrected chi connectivity index (χ4v) is 0.929. The van der Waals surface area contributed by atoms with Gasteiger partial charge in [-0.3, -0.25) is 0 Å². The van der Waals surface area contributed by atoms with E-state index in [0.29, 0.717) is 0 Å². The minimum Gasteiger partial charge on any atom is -0.0770 e. The van der Waals surface area contributed by atoms with E-state index in [0.717, 1.165) is 13.0 Å². The number of hydrogen-bond acceptors (Lipinski definition) is 0. The van der Waals surface area contributed by atoms with Crippen LogP contribution in [-0.2, 0) is 0 Å². The largest absolute Gasteiger partial charge is 0.326 e. The monoisotopic (exact) mass is 240 g/mol. The fraction of sp³-hybridized carbons (Fsp3) is 0.667. The molecule has 0 spiro atoms. The highest BCUT2D eigenvalue weighted by Gasteiger charge is 2.00. The maximum atomic E-state index is 5.57. The van der Waals surface area contributed by atoms with Gasteiger partial charge in [-0.25, -0.2) is 0 Å². The smallest absolute Gasteiger partial charge is 0.0770 e. The topological polar surface area (TPSA) is 4.36 Å². The Morgan fingerprint density at radius 3 is 2.38 bits per heavy atom. The second kappa shape index (κ2) is 8.69. The number of nitrogens with zero attached hydrogens (tertiary/aromatic N) is 1. The summed E-state index contributed by atoms with van der Waals surface area (Å²) in [6.07, 6.45) is 4.72. The lowest BCUT2D eigenvalue weighted by atomic mass is 10.2. The number of allylic oxidation sites excluding steroid dienone is 1. The van der Waals surface area contributed by atoms with Gasteiger partial charge in [0, 0.05) is 6.42 Å². The Bertz CT molecular complexity index is 221. The molecule has 0 aliphatic heterocycles. The molecule has 1 nitrogen and oxygen atoms in total. The molecule has 0 aromatic rings. The van der Waals surface area contributed by atoms with Gasteiger partial charge in [-0.2, -0.15) is 0 Å². The Morgan fingerprint density at radius 1 is 1.15 bits per heavy atom. The second-order valence-electron chi connectivity index (χ2n) is 2.63. The summed E-state index contributed by atoms with van der Waals surface area (Å²) in [5.74, 6) is 0. The summed E-state index contributed by atoms with van der Waals surface area (Å²) in [6, 6.07) is 2.57. The van der Waals surface area contributed by atoms with Crippen molar-refractivity contribution in [3.63, 3.8) is 0 Å². The molecule has 13 heavy (non-hydrogen) atoms. The highest BCUT2D eigenvalue weighted by atomic mass is 35.5. The first kappa shape index (κ1) is 13.1. The Balaban J connectivity index is 3.57. The van der Waals surface area contributed by atoms with E-state index < -0.39 is 0 Å². The van der Waals surface area contributed by atoms with Crippen molar-refractivity contribution in [3.8, 4) is 6.07 Å². The predicted molar refractivity (Wildman–Crippen MR) is 60.8 cm³/mol. The van der Waals surface area contributed by atoms with Crippen LogP contribution in [0.15, 0.2) is 9.52 Å². The van der Waals surface area contributed by atoms with Gasteiger partial charge in [0.2, 0.25) is 0 Å². The first-order chi connectivity index (χ1) is 6.18. The van der Waals surface area contributed by atoms with Gasteiger partial charge in [-0.15, -0.1) is 0 Å². The van der Waals surface area contributed by atoms with Crippen molar-refractivity contribution >= 4 is 34.8 Å². The van der Waals surface area contributed by atoms with Crippen molar-refractivity contribution in [2.45, 2.75) is 32.6 Å². The molecule has 0 amide bonds. The van der Waals surface area contributed by atoms with E-state index in [-0.39, 0.29) is 9.52 Å². The summed E-state index contributed by atoms with van der Waals surface area (Å²) < 4.78 is 0.0129. The third-order valence-electron chi connectivity index (χ3n) is 1.47. The molecule has 0 aromatic carbocycles. The highest BCUT2D eigenvalue weighted by molar-refractivity contribution is 6.59. The maximum Gasteiger partial charge on any atom is 0.326 e. The molecular formula is C9H13Cl3N+. The van der Waals surface area contributed by atoms with Crippen LogP contribution in [0.5, 0.6) is 0 Å². The zero-order chi connectivity index (χ0) is 10.1. The van der Waals surface area contributed by atoms with Crippen molar-refractivity contribution in [3.05, 3.63) is 14.4 Å². The Morgan fingerprint density at radius 2 is 1.85 bits per heavy atom. The third kappa shape index (κ3) is 8.43. The van der Waals surface area contributed by atoms with Crippen LogP contribution in [0.1, 0.15) is 32.6 Å². The molecule has 0 saturated carbocycles. The van der Waals surface area contributed by atoms with E-state index in [2.05, 4.69) is 17.8 Å². The summed E-state index contributed by atoms with van der Waals surface area (Å²) in [7, 11) is 0. The number of halogens is 3. The van der Waals surface area contributed by atoms with E-state index >= 15 is 0 Å². The second-order valence-corrected chi connectivity index (χ2v) is 3.96. The SMILES string of the molecule is CCCCCC[N+]#CC(Cl)=C(Cl)Cl. The molecule has 0 atom stereocenters. The van der Waals surface area contributed by atoms with Gasteiger partial charge in [0.1, 0.15) is 4.49 Å². The van der Waals surface area contributed by atoms with Gasteiger partial charge in [0.05, 0.1) is 0 Å². The molecule has 0 aromatic heterocycles. The van der Waals surface area contributed by atoms with E-state index in [9.17, 15) is 0 Å². The first-order valence-corrected chi connectivity index (χ1v) is 5.45. The van der Waals surface area contributed by atoms with Gasteiger partial charge in [-0.1, -0.05) is 59.4 Å². The molecule has 0 fully saturated rings. The summed E-state index contributed by atoms with van der Waals surface area (Å²) in [5.41, 5.74) is 0. The molecular weight excluding hydrogens is 228 g/mol. The molecule has 0 bridgehead atoms. The van der Waals surface area contributed by atoms with Gasteiger partial charge in [0.25, 0.3) is 6.54 Å². The molecule has 0 rings (SSSR count). The van der Waals surface area contributed by atoms with Gasteiger partial charge in [0.15, 0.2) is 5.03 Å². The summed E-state index contributed by atoms with van der Waals surface area (Å²) in [4.78, 5) is 3.96. The zero-order valence-electron chi connectivity index (χ0n) is 7.62. The van der Waals surface area contributed by atoms with Gasteiger partial charge >= 0.3 is 6.07 Å². The Labute approximate surface area is 94.5 Å². The highest BCUT2D eigenvalue weighted by Crippen LogP contribution is 2.16. The standard InChI is InChI=1S/C9H13Cl3N/c1-2-3-4-5-6-13-7-8(10)9(11)12/h2-6H2,1H3/q+1. The van der Waals surface area contributed by atoms with Crippen LogP contribution in [-0.4, -0.2) is 6.54 Å². The van der Waals surface area contributed by atoms with E-state index in [1.807, 2.05) is 0 Å². The van der Waals surface area contributed by atoms with Crippen molar-refractivity contribution in [2.75, 3.05) is 6.54 Å². The minimum absolute atomic E-state index is 0.0129. The van der Waals surface area contributed by atoms with E-state index in [1.165, 1.54) is 19.3 Å². The molecule has 0 aliphatic rings. The number of hydrogen-bond donors (Lipinski definition) is 0. The van der Waals surface area contributed by atoms with Crippen LogP contribution in [0.2, 0.25) is 0 Å². The fourth-order valence-electron chi connectivity index (χ4n) is 0.785. The maximum absolute atomic E-state index is 5.57. The molecule has 0 aliphatic carbocycles. The van der Waals surface area contributed by atoms with Crippen molar-refractivity contribution in [2.24, 2.45) is 0 Å². The average Bonchev–Trinajstić information content (AvgIpc) is 2.10. The molecule has 0 radical (unpaired) electrons. The summed E-state index contributed by atoms with van der Waals surface area (Å²) in [5, 5.41) is 0.179. The van der Waals surface area contributed by atoms with Crippen molar-refractivity contribution in [1.82, 2.24) is 0 Å². The van der Waals surface area contributed by atoms with E-state index in [4.69, 9.17) is 34.8 Å². The van der Waals surface area contributed by atoms with Crippen LogP contribution in [0.4, 0.5) is 0 Å². The summed E-state index contributed by atoms with van der Waals surface area (Å²) in [6.45, 7) is 2.90. The van der Waals surface area contributed by atoms with Gasteiger partial charge < -0.3 is 0 Å².